The lowest BCUT2D eigenvalue weighted by atomic mass is 10.1. The highest BCUT2D eigenvalue weighted by molar-refractivity contribution is 7.13. The highest BCUT2D eigenvalue weighted by Crippen LogP contribution is 2.23. The van der Waals surface area contributed by atoms with Crippen molar-refractivity contribution in [2.75, 3.05) is 19.6 Å². The molecule has 0 bridgehead atoms. The molecule has 1 aliphatic rings. The standard InChI is InChI=1S/C15H19N3O2S.2ClH/c19-14(17-6-4-11-3-5-16-9-11)8-12-10-20-15(18-12)13-2-1-7-21-13;;/h1-2,7,10-11,16H,3-6,8-9H2,(H,17,19);2*1H. The van der Waals surface area contributed by atoms with Crippen molar-refractivity contribution >= 4 is 42.1 Å². The molecule has 0 aliphatic carbocycles. The predicted octanol–water partition coefficient (Wildman–Crippen LogP) is 2.91. The Morgan fingerprint density at radius 2 is 2.35 bits per heavy atom. The number of oxazole rings is 1. The molecule has 128 valence electrons. The fourth-order valence-corrected chi connectivity index (χ4v) is 3.16. The van der Waals surface area contributed by atoms with E-state index in [1.54, 1.807) is 17.6 Å². The van der Waals surface area contributed by atoms with Gasteiger partial charge in [0.05, 0.1) is 17.0 Å². The first kappa shape index (κ1) is 20.0. The van der Waals surface area contributed by atoms with E-state index < -0.39 is 0 Å². The van der Waals surface area contributed by atoms with Crippen molar-refractivity contribution in [1.29, 1.82) is 0 Å². The SMILES string of the molecule is Cl.Cl.O=C(Cc1coc(-c2cccs2)n1)NCCC1CCNC1. The van der Waals surface area contributed by atoms with Crippen molar-refractivity contribution in [3.05, 3.63) is 29.5 Å². The van der Waals surface area contributed by atoms with Gasteiger partial charge in [-0.25, -0.2) is 4.98 Å². The summed E-state index contributed by atoms with van der Waals surface area (Å²) in [4.78, 5) is 17.2. The molecule has 2 aromatic rings. The monoisotopic (exact) mass is 377 g/mol. The van der Waals surface area contributed by atoms with Gasteiger partial charge in [0.15, 0.2) is 0 Å². The summed E-state index contributed by atoms with van der Waals surface area (Å²) >= 11 is 1.57. The summed E-state index contributed by atoms with van der Waals surface area (Å²) in [5, 5.41) is 8.26. The Balaban J connectivity index is 0.00000132. The van der Waals surface area contributed by atoms with Gasteiger partial charge in [-0.3, -0.25) is 4.79 Å². The molecule has 0 spiro atoms. The maximum absolute atomic E-state index is 11.9. The van der Waals surface area contributed by atoms with Crippen LogP contribution in [0.5, 0.6) is 0 Å². The molecular weight excluding hydrogens is 357 g/mol. The van der Waals surface area contributed by atoms with E-state index in [-0.39, 0.29) is 37.1 Å². The van der Waals surface area contributed by atoms with E-state index >= 15 is 0 Å². The Labute approximate surface area is 152 Å². The highest BCUT2D eigenvalue weighted by Gasteiger charge is 2.15. The van der Waals surface area contributed by atoms with E-state index in [2.05, 4.69) is 15.6 Å². The molecule has 1 unspecified atom stereocenters. The Hall–Kier alpha value is -1.08. The fourth-order valence-electron chi connectivity index (χ4n) is 2.51. The minimum atomic E-state index is 0. The van der Waals surface area contributed by atoms with E-state index in [0.29, 0.717) is 17.5 Å². The zero-order chi connectivity index (χ0) is 14.5. The van der Waals surface area contributed by atoms with E-state index in [0.717, 1.165) is 30.9 Å². The van der Waals surface area contributed by atoms with Crippen molar-refractivity contribution in [2.45, 2.75) is 19.3 Å². The maximum atomic E-state index is 11.9. The van der Waals surface area contributed by atoms with Crippen molar-refractivity contribution in [2.24, 2.45) is 5.92 Å². The van der Waals surface area contributed by atoms with Gasteiger partial charge in [0.2, 0.25) is 11.8 Å². The molecule has 2 N–H and O–H groups in total. The van der Waals surface area contributed by atoms with E-state index in [4.69, 9.17) is 4.42 Å². The van der Waals surface area contributed by atoms with Crippen LogP contribution in [0.25, 0.3) is 10.8 Å². The number of aromatic nitrogens is 1. The van der Waals surface area contributed by atoms with Crippen molar-refractivity contribution in [1.82, 2.24) is 15.6 Å². The van der Waals surface area contributed by atoms with Crippen molar-refractivity contribution in [3.8, 4) is 10.8 Å². The van der Waals surface area contributed by atoms with Crippen molar-refractivity contribution < 1.29 is 9.21 Å². The van der Waals surface area contributed by atoms with Gasteiger partial charge in [0.1, 0.15) is 6.26 Å². The Kier molecular flexibility index (Phi) is 8.62. The zero-order valence-electron chi connectivity index (χ0n) is 12.6. The highest BCUT2D eigenvalue weighted by atomic mass is 35.5. The van der Waals surface area contributed by atoms with Crippen LogP contribution in [0.3, 0.4) is 0 Å². The molecule has 3 heterocycles. The summed E-state index contributed by atoms with van der Waals surface area (Å²) in [6.45, 7) is 2.91. The molecule has 2 aromatic heterocycles. The van der Waals surface area contributed by atoms with Gasteiger partial charge in [-0.2, -0.15) is 0 Å². The molecule has 3 rings (SSSR count). The number of nitrogens with one attached hydrogen (secondary N) is 2. The molecule has 8 heteroatoms. The first-order valence-electron chi connectivity index (χ1n) is 7.27. The fraction of sp³-hybridized carbons (Fsp3) is 0.467. The topological polar surface area (TPSA) is 67.2 Å². The lowest BCUT2D eigenvalue weighted by Crippen LogP contribution is -2.27. The Bertz CT molecular complexity index is 583. The summed E-state index contributed by atoms with van der Waals surface area (Å²) in [6, 6.07) is 3.91. The van der Waals surface area contributed by atoms with Gasteiger partial charge in [-0.1, -0.05) is 6.07 Å². The third-order valence-corrected chi connectivity index (χ3v) is 4.52. The zero-order valence-corrected chi connectivity index (χ0v) is 15.1. The molecule has 23 heavy (non-hydrogen) atoms. The number of halogens is 2. The third-order valence-electron chi connectivity index (χ3n) is 3.66. The first-order valence-corrected chi connectivity index (χ1v) is 8.15. The van der Waals surface area contributed by atoms with Crippen molar-refractivity contribution in [3.63, 3.8) is 0 Å². The van der Waals surface area contributed by atoms with Gasteiger partial charge < -0.3 is 15.1 Å². The Morgan fingerprint density at radius 1 is 1.48 bits per heavy atom. The van der Waals surface area contributed by atoms with Crippen LogP contribution in [0.15, 0.2) is 28.2 Å². The number of thiophene rings is 1. The second-order valence-corrected chi connectivity index (χ2v) is 6.24. The normalized spacial score (nSPS) is 16.4. The van der Waals surface area contributed by atoms with Crippen LogP contribution < -0.4 is 10.6 Å². The van der Waals surface area contributed by atoms with Gasteiger partial charge >= 0.3 is 0 Å². The second kappa shape index (κ2) is 9.93. The van der Waals surface area contributed by atoms with Crippen LogP contribution in [0.2, 0.25) is 0 Å². The molecule has 1 atom stereocenters. The van der Waals surface area contributed by atoms with Crippen LogP contribution >= 0.6 is 36.2 Å². The summed E-state index contributed by atoms with van der Waals surface area (Å²) in [5.41, 5.74) is 0.679. The lowest BCUT2D eigenvalue weighted by Gasteiger charge is -2.08. The molecule has 5 nitrogen and oxygen atoms in total. The number of nitrogens with zero attached hydrogens (tertiary/aromatic N) is 1. The van der Waals surface area contributed by atoms with Crippen LogP contribution in [0.4, 0.5) is 0 Å². The molecule has 1 fully saturated rings. The van der Waals surface area contributed by atoms with Crippen LogP contribution in [-0.4, -0.2) is 30.5 Å². The Morgan fingerprint density at radius 3 is 3.04 bits per heavy atom. The molecular formula is C15H21Cl2N3O2S. The molecule has 1 aliphatic heterocycles. The number of carbonyl (C=O) groups is 1. The first-order chi connectivity index (χ1) is 10.3. The molecule has 0 radical (unpaired) electrons. The average Bonchev–Trinajstić information content (AvgIpc) is 3.21. The van der Waals surface area contributed by atoms with Gasteiger partial charge in [-0.15, -0.1) is 36.2 Å². The molecule has 0 aromatic carbocycles. The molecule has 0 saturated carbocycles. The number of rotatable bonds is 6. The smallest absolute Gasteiger partial charge is 0.236 e. The lowest BCUT2D eigenvalue weighted by molar-refractivity contribution is -0.120. The third kappa shape index (κ3) is 5.80. The molecule has 1 saturated heterocycles. The van der Waals surface area contributed by atoms with Gasteiger partial charge in [-0.05, 0) is 43.3 Å². The largest absolute Gasteiger partial charge is 0.444 e. The quantitative estimate of drug-likeness (QED) is 0.811. The maximum Gasteiger partial charge on any atom is 0.236 e. The summed E-state index contributed by atoms with van der Waals surface area (Å²) < 4.78 is 5.41. The van der Waals surface area contributed by atoms with Gasteiger partial charge in [0.25, 0.3) is 0 Å². The second-order valence-electron chi connectivity index (χ2n) is 5.30. The average molecular weight is 378 g/mol. The number of hydrogen-bond acceptors (Lipinski definition) is 5. The van der Waals surface area contributed by atoms with Crippen LogP contribution in [0, 0.1) is 5.92 Å². The summed E-state index contributed by atoms with van der Waals surface area (Å²) in [5.74, 6) is 1.29. The number of hydrogen-bond donors (Lipinski definition) is 2. The van der Waals surface area contributed by atoms with E-state index in [1.165, 1.54) is 6.42 Å². The van der Waals surface area contributed by atoms with E-state index in [1.807, 2.05) is 17.5 Å². The number of amides is 1. The van der Waals surface area contributed by atoms with E-state index in [9.17, 15) is 4.79 Å². The minimum absolute atomic E-state index is 0. The predicted molar refractivity (Wildman–Crippen MR) is 96.6 cm³/mol. The number of carbonyl (C=O) groups excluding carboxylic acids is 1. The van der Waals surface area contributed by atoms with Crippen LogP contribution in [-0.2, 0) is 11.2 Å². The van der Waals surface area contributed by atoms with Crippen LogP contribution in [0.1, 0.15) is 18.5 Å². The summed E-state index contributed by atoms with van der Waals surface area (Å²) in [7, 11) is 0. The van der Waals surface area contributed by atoms with Gasteiger partial charge in [0, 0.05) is 6.54 Å². The minimum Gasteiger partial charge on any atom is -0.444 e. The summed E-state index contributed by atoms with van der Waals surface area (Å²) in [6.07, 6.45) is 4.09. The molecule has 1 amide bonds.